The van der Waals surface area contributed by atoms with Crippen LogP contribution in [0.5, 0.6) is 0 Å². The largest absolute Gasteiger partial charge is 0.455 e. The highest BCUT2D eigenvalue weighted by Crippen LogP contribution is 2.39. The number of hydrogen-bond donors (Lipinski definition) is 0. The highest BCUT2D eigenvalue weighted by atomic mass is 16.3. The predicted octanol–water partition coefficient (Wildman–Crippen LogP) is 6.00. The van der Waals surface area contributed by atoms with Gasteiger partial charge in [0.1, 0.15) is 18.2 Å². The lowest BCUT2D eigenvalue weighted by atomic mass is 9.95. The van der Waals surface area contributed by atoms with E-state index in [-0.39, 0.29) is 17.6 Å². The summed E-state index contributed by atoms with van der Waals surface area (Å²) in [5, 5.41) is 11.1. The highest BCUT2D eigenvalue weighted by molar-refractivity contribution is 6.12. The Balaban J connectivity index is 2.21. The molecule has 0 saturated carbocycles. The molecule has 2 aromatic carbocycles. The molecule has 140 valence electrons. The van der Waals surface area contributed by atoms with Crippen LogP contribution in [0.2, 0.25) is 0 Å². The number of pyridine rings is 1. The number of fused-ring (bicyclic) bond motifs is 3. The van der Waals surface area contributed by atoms with Crippen LogP contribution in [0, 0.1) is 32.1 Å². The van der Waals surface area contributed by atoms with E-state index >= 15 is 0 Å². The Morgan fingerprint density at radius 1 is 1.25 bits per heavy atom. The van der Waals surface area contributed by atoms with Crippen molar-refractivity contribution in [2.24, 2.45) is 7.05 Å². The molecule has 4 aromatic rings. The summed E-state index contributed by atoms with van der Waals surface area (Å²) in [6.45, 7) is 3.92. The van der Waals surface area contributed by atoms with Gasteiger partial charge in [-0.25, -0.2) is 0 Å². The Morgan fingerprint density at radius 3 is 2.75 bits per heavy atom. The first-order valence-corrected chi connectivity index (χ1v) is 9.09. The average Bonchev–Trinajstić information content (AvgIpc) is 3.10. The van der Waals surface area contributed by atoms with Crippen LogP contribution in [-0.2, 0) is 7.05 Å². The number of aromatic nitrogens is 1. The van der Waals surface area contributed by atoms with Crippen molar-refractivity contribution < 1.29 is 17.2 Å². The number of nitriles is 1. The van der Waals surface area contributed by atoms with Gasteiger partial charge in [0.25, 0.3) is 0 Å². The summed E-state index contributed by atoms with van der Waals surface area (Å²) < 4.78 is 57.9. The Morgan fingerprint density at radius 2 is 2.04 bits per heavy atom. The van der Waals surface area contributed by atoms with E-state index in [0.717, 1.165) is 11.1 Å². The molecule has 0 amide bonds. The third kappa shape index (κ3) is 2.68. The molecule has 1 unspecified atom stereocenters. The van der Waals surface area contributed by atoms with Crippen LogP contribution in [0.15, 0.2) is 40.8 Å². The summed E-state index contributed by atoms with van der Waals surface area (Å²) in [4.78, 5) is 0. The summed E-state index contributed by atoms with van der Waals surface area (Å²) in [5.41, 5.74) is 4.40. The Kier molecular flexibility index (Phi) is 2.87. The average molecular weight is 376 g/mol. The molecule has 0 N–H and O–H groups in total. The van der Waals surface area contributed by atoms with Crippen LogP contribution in [0.3, 0.4) is 0 Å². The standard InChI is InChI=1S/C25H25N2O/c1-14(2)18-11-17(5)27(6)21(12-18)23-16(4)7-8-20-24-19(13-26)9-15(3)10-22(24)28-25(20)23/h7-12,14H,1-6H3/q+1/i1D3,11D,12D,14D. The van der Waals surface area contributed by atoms with E-state index < -0.39 is 12.7 Å². The number of hydrogen-bond acceptors (Lipinski definition) is 2. The van der Waals surface area contributed by atoms with Gasteiger partial charge in [0, 0.05) is 35.3 Å². The maximum atomic E-state index is 9.72. The topological polar surface area (TPSA) is 40.8 Å². The summed E-state index contributed by atoms with van der Waals surface area (Å²) in [7, 11) is 1.72. The zero-order valence-corrected chi connectivity index (χ0v) is 16.6. The van der Waals surface area contributed by atoms with Crippen LogP contribution >= 0.6 is 0 Å². The molecule has 28 heavy (non-hydrogen) atoms. The molecule has 0 aliphatic rings. The summed E-state index contributed by atoms with van der Waals surface area (Å²) in [6, 6.07) is 9.31. The minimum Gasteiger partial charge on any atom is -0.455 e. The van der Waals surface area contributed by atoms with Gasteiger partial charge < -0.3 is 4.42 Å². The van der Waals surface area contributed by atoms with Crippen molar-refractivity contribution in [2.75, 3.05) is 0 Å². The van der Waals surface area contributed by atoms with E-state index in [4.69, 9.17) is 12.6 Å². The van der Waals surface area contributed by atoms with Crippen molar-refractivity contribution >= 4 is 21.9 Å². The molecule has 0 radical (unpaired) electrons. The van der Waals surface area contributed by atoms with Gasteiger partial charge in [-0.15, -0.1) is 0 Å². The van der Waals surface area contributed by atoms with Crippen molar-refractivity contribution in [1.82, 2.24) is 0 Å². The molecule has 4 rings (SSSR count). The fraction of sp³-hybridized carbons (Fsp3) is 0.280. The van der Waals surface area contributed by atoms with E-state index in [0.29, 0.717) is 44.5 Å². The summed E-state index contributed by atoms with van der Waals surface area (Å²) in [5.74, 6) is -2.16. The molecular weight excluding hydrogens is 344 g/mol. The lowest BCUT2D eigenvalue weighted by molar-refractivity contribution is -0.666. The SMILES string of the molecule is [2H]c1c(C([2H])(C)C([2H])([2H])[2H])c([2H])c(-c2c(C)ccc3c2oc2cc(C)cc(C#N)c23)[n+](C)c1C. The Hall–Kier alpha value is -3.12. The van der Waals surface area contributed by atoms with E-state index in [2.05, 4.69) is 6.07 Å². The van der Waals surface area contributed by atoms with E-state index in [1.165, 1.54) is 6.92 Å². The lowest BCUT2D eigenvalue weighted by Gasteiger charge is -2.11. The number of benzene rings is 2. The zero-order chi connectivity index (χ0) is 25.3. The van der Waals surface area contributed by atoms with Crippen molar-refractivity contribution in [1.29, 1.82) is 5.26 Å². The first kappa shape index (κ1) is 12.4. The second-order valence-electron chi connectivity index (χ2n) is 7.28. The van der Waals surface area contributed by atoms with Gasteiger partial charge >= 0.3 is 0 Å². The predicted molar refractivity (Wildman–Crippen MR) is 113 cm³/mol. The highest BCUT2D eigenvalue weighted by Gasteiger charge is 2.24. The zero-order valence-electron chi connectivity index (χ0n) is 22.6. The minimum absolute atomic E-state index is 0.137. The van der Waals surface area contributed by atoms with E-state index in [9.17, 15) is 5.26 Å². The fourth-order valence-corrected chi connectivity index (χ4v) is 3.67. The second kappa shape index (κ2) is 6.49. The van der Waals surface area contributed by atoms with Crippen LogP contribution in [0.4, 0.5) is 0 Å². The second-order valence-corrected chi connectivity index (χ2v) is 7.28. The van der Waals surface area contributed by atoms with Gasteiger partial charge in [-0.05, 0) is 48.6 Å². The molecule has 1 atom stereocenters. The van der Waals surface area contributed by atoms with Crippen molar-refractivity contribution in [3.8, 4) is 17.3 Å². The van der Waals surface area contributed by atoms with E-state index in [1.807, 2.05) is 32.0 Å². The van der Waals surface area contributed by atoms with Gasteiger partial charge in [-0.3, -0.25) is 0 Å². The first-order valence-electron chi connectivity index (χ1n) is 12.1. The molecule has 0 fully saturated rings. The van der Waals surface area contributed by atoms with E-state index in [1.54, 1.807) is 24.6 Å². The molecule has 0 bridgehead atoms. The molecule has 3 heteroatoms. The van der Waals surface area contributed by atoms with Crippen LogP contribution in [0.25, 0.3) is 33.2 Å². The third-order valence-electron chi connectivity index (χ3n) is 5.21. The monoisotopic (exact) mass is 375 g/mol. The molecule has 0 spiro atoms. The number of rotatable bonds is 2. The van der Waals surface area contributed by atoms with Crippen molar-refractivity contribution in [2.45, 2.75) is 40.4 Å². The third-order valence-corrected chi connectivity index (χ3v) is 5.21. The van der Waals surface area contributed by atoms with Crippen LogP contribution in [0.1, 0.15) is 55.8 Å². The van der Waals surface area contributed by atoms with Gasteiger partial charge in [0.2, 0.25) is 5.69 Å². The summed E-state index contributed by atoms with van der Waals surface area (Å²) in [6.07, 6.45) is 0. The van der Waals surface area contributed by atoms with Gasteiger partial charge in [0.15, 0.2) is 5.69 Å². The normalized spacial score (nSPS) is 17.1. The quantitative estimate of drug-likeness (QED) is 0.403. The molecule has 0 saturated heterocycles. The number of nitrogens with zero attached hydrogens (tertiary/aromatic N) is 2. The number of furan rings is 1. The molecule has 0 aliphatic heterocycles. The minimum atomic E-state index is -2.73. The maximum Gasteiger partial charge on any atom is 0.216 e. The first-order chi connectivity index (χ1) is 15.7. The maximum absolute atomic E-state index is 9.72. The van der Waals surface area contributed by atoms with Gasteiger partial charge in [-0.1, -0.05) is 25.9 Å². The smallest absolute Gasteiger partial charge is 0.216 e. The molecule has 2 heterocycles. The van der Waals surface area contributed by atoms with Crippen LogP contribution < -0.4 is 4.57 Å². The fourth-order valence-electron chi connectivity index (χ4n) is 3.67. The Labute approximate surface area is 174 Å². The summed E-state index contributed by atoms with van der Waals surface area (Å²) >= 11 is 0. The van der Waals surface area contributed by atoms with Crippen molar-refractivity contribution in [3.05, 3.63) is 64.3 Å². The Bertz CT molecular complexity index is 1540. The molecule has 0 aliphatic carbocycles. The lowest BCUT2D eigenvalue weighted by Crippen LogP contribution is -2.35. The van der Waals surface area contributed by atoms with Crippen LogP contribution in [-0.4, -0.2) is 0 Å². The number of aryl methyl sites for hydroxylation is 2. The molecule has 3 nitrogen and oxygen atoms in total. The molecular formula is C25H25N2O+. The van der Waals surface area contributed by atoms with Gasteiger partial charge in [-0.2, -0.15) is 9.83 Å². The van der Waals surface area contributed by atoms with Crippen molar-refractivity contribution in [3.63, 3.8) is 0 Å². The van der Waals surface area contributed by atoms with Gasteiger partial charge in [0.05, 0.1) is 19.9 Å². The molecule has 2 aromatic heterocycles.